The van der Waals surface area contributed by atoms with Crippen LogP contribution in [0.2, 0.25) is 0 Å². The van der Waals surface area contributed by atoms with Crippen LogP contribution >= 0.6 is 0 Å². The molecule has 4 nitrogen and oxygen atoms in total. The van der Waals surface area contributed by atoms with Crippen molar-refractivity contribution >= 4 is 0 Å². The van der Waals surface area contributed by atoms with E-state index in [9.17, 15) is 5.11 Å². The van der Waals surface area contributed by atoms with Gasteiger partial charge >= 0.3 is 0 Å². The van der Waals surface area contributed by atoms with Crippen molar-refractivity contribution in [3.8, 4) is 16.9 Å². The summed E-state index contributed by atoms with van der Waals surface area (Å²) in [7, 11) is 0. The number of benzene rings is 2. The van der Waals surface area contributed by atoms with E-state index in [0.717, 1.165) is 44.6 Å². The van der Waals surface area contributed by atoms with Gasteiger partial charge in [-0.05, 0) is 28.3 Å². The summed E-state index contributed by atoms with van der Waals surface area (Å²) in [6.45, 7) is 2.41. The molecule has 3 unspecified atom stereocenters. The number of phenolic OH excluding ortho intramolecular Hbond substituents is 1. The Balaban J connectivity index is 1.66. The van der Waals surface area contributed by atoms with E-state index in [4.69, 9.17) is 14.2 Å². The fourth-order valence-corrected chi connectivity index (χ4v) is 3.66. The maximum absolute atomic E-state index is 10.7. The van der Waals surface area contributed by atoms with Crippen molar-refractivity contribution in [2.45, 2.75) is 37.6 Å². The SMILES string of the molecule is Oc1cc(CC2CO2)c(-c2ccccc2)c(CC2CO2)c1CC1CO1. The van der Waals surface area contributed by atoms with E-state index in [2.05, 4.69) is 24.3 Å². The summed E-state index contributed by atoms with van der Waals surface area (Å²) in [5.74, 6) is 0.390. The summed E-state index contributed by atoms with van der Waals surface area (Å²) in [5.41, 5.74) is 5.87. The average Bonchev–Trinajstić information content (AvgIpc) is 3.42. The molecule has 3 heterocycles. The third-order valence-corrected chi connectivity index (χ3v) is 5.19. The van der Waals surface area contributed by atoms with Gasteiger partial charge in [0.05, 0.1) is 38.1 Å². The predicted octanol–water partition coefficient (Wildman–Crippen LogP) is 2.88. The molecule has 25 heavy (non-hydrogen) atoms. The molecule has 3 aliphatic rings. The zero-order chi connectivity index (χ0) is 16.8. The highest BCUT2D eigenvalue weighted by molar-refractivity contribution is 5.75. The number of epoxide rings is 3. The average molecular weight is 338 g/mol. The molecule has 0 amide bonds. The number of phenols is 1. The van der Waals surface area contributed by atoms with Crippen molar-refractivity contribution in [2.75, 3.05) is 19.8 Å². The van der Waals surface area contributed by atoms with E-state index in [-0.39, 0.29) is 18.3 Å². The fraction of sp³-hybridized carbons (Fsp3) is 0.429. The molecule has 0 aliphatic carbocycles. The second kappa shape index (κ2) is 6.13. The standard InChI is InChI=1S/C21H22O4/c22-20-7-14(6-15-10-23-15)21(13-4-2-1-3-5-13)19(9-17-12-25-17)18(20)8-16-11-24-16/h1-5,7,15-17,22H,6,8-12H2. The maximum atomic E-state index is 10.7. The Hall–Kier alpha value is -1.88. The molecule has 4 heteroatoms. The molecule has 0 spiro atoms. The maximum Gasteiger partial charge on any atom is 0.119 e. The molecule has 0 radical (unpaired) electrons. The van der Waals surface area contributed by atoms with Crippen molar-refractivity contribution in [1.29, 1.82) is 0 Å². The minimum Gasteiger partial charge on any atom is -0.508 e. The summed E-state index contributed by atoms with van der Waals surface area (Å²) in [6.07, 6.45) is 3.26. The van der Waals surface area contributed by atoms with Crippen LogP contribution < -0.4 is 0 Å². The first-order valence-electron chi connectivity index (χ1n) is 9.04. The normalized spacial score (nSPS) is 26.5. The van der Waals surface area contributed by atoms with Crippen LogP contribution in [0.25, 0.3) is 11.1 Å². The Labute approximate surface area is 147 Å². The molecule has 5 rings (SSSR count). The van der Waals surface area contributed by atoms with Gasteiger partial charge in [0.15, 0.2) is 0 Å². The Kier molecular flexibility index (Phi) is 3.77. The lowest BCUT2D eigenvalue weighted by atomic mass is 9.85. The van der Waals surface area contributed by atoms with Gasteiger partial charge in [0.25, 0.3) is 0 Å². The molecule has 3 aliphatic heterocycles. The number of hydrogen-bond acceptors (Lipinski definition) is 4. The van der Waals surface area contributed by atoms with Gasteiger partial charge in [-0.1, -0.05) is 30.3 Å². The van der Waals surface area contributed by atoms with E-state index in [0.29, 0.717) is 5.75 Å². The highest BCUT2D eigenvalue weighted by Crippen LogP contribution is 2.40. The molecule has 0 saturated carbocycles. The molecule has 3 saturated heterocycles. The van der Waals surface area contributed by atoms with Crippen molar-refractivity contribution in [3.63, 3.8) is 0 Å². The third-order valence-electron chi connectivity index (χ3n) is 5.19. The number of rotatable bonds is 7. The smallest absolute Gasteiger partial charge is 0.119 e. The lowest BCUT2D eigenvalue weighted by molar-refractivity contribution is 0.395. The summed E-state index contributed by atoms with van der Waals surface area (Å²) >= 11 is 0. The number of aromatic hydroxyl groups is 1. The van der Waals surface area contributed by atoms with Crippen LogP contribution in [0.3, 0.4) is 0 Å². The van der Waals surface area contributed by atoms with Crippen LogP contribution in [0.15, 0.2) is 36.4 Å². The van der Waals surface area contributed by atoms with Crippen molar-refractivity contribution in [3.05, 3.63) is 53.1 Å². The Morgan fingerprint density at radius 3 is 1.96 bits per heavy atom. The quantitative estimate of drug-likeness (QED) is 0.789. The molecule has 130 valence electrons. The van der Waals surface area contributed by atoms with Crippen LogP contribution in [0.4, 0.5) is 0 Å². The van der Waals surface area contributed by atoms with Crippen LogP contribution in [0.1, 0.15) is 16.7 Å². The molecule has 3 fully saturated rings. The first-order valence-corrected chi connectivity index (χ1v) is 9.04. The van der Waals surface area contributed by atoms with E-state index < -0.39 is 0 Å². The van der Waals surface area contributed by atoms with Gasteiger partial charge in [0.1, 0.15) is 5.75 Å². The van der Waals surface area contributed by atoms with Gasteiger partial charge in [-0.2, -0.15) is 0 Å². The first kappa shape index (κ1) is 15.4. The number of hydrogen-bond donors (Lipinski definition) is 1. The molecule has 3 atom stereocenters. The summed E-state index contributed by atoms with van der Waals surface area (Å²) in [4.78, 5) is 0. The second-order valence-electron chi connectivity index (χ2n) is 7.23. The van der Waals surface area contributed by atoms with Crippen LogP contribution in [0, 0.1) is 0 Å². The van der Waals surface area contributed by atoms with Gasteiger partial charge in [0, 0.05) is 24.8 Å². The highest BCUT2D eigenvalue weighted by Gasteiger charge is 2.33. The summed E-state index contributed by atoms with van der Waals surface area (Å²) < 4.78 is 16.4. The van der Waals surface area contributed by atoms with E-state index in [1.165, 1.54) is 22.3 Å². The zero-order valence-electron chi connectivity index (χ0n) is 14.1. The molecule has 2 aromatic rings. The minimum atomic E-state index is 0.242. The molecule has 0 bridgehead atoms. The lowest BCUT2D eigenvalue weighted by Crippen LogP contribution is -2.09. The second-order valence-corrected chi connectivity index (χ2v) is 7.23. The largest absolute Gasteiger partial charge is 0.508 e. The van der Waals surface area contributed by atoms with Crippen molar-refractivity contribution in [1.82, 2.24) is 0 Å². The molecular formula is C21H22O4. The van der Waals surface area contributed by atoms with Gasteiger partial charge < -0.3 is 19.3 Å². The van der Waals surface area contributed by atoms with E-state index in [1.54, 1.807) is 0 Å². The third kappa shape index (κ3) is 3.43. The lowest BCUT2D eigenvalue weighted by Gasteiger charge is -2.20. The Morgan fingerprint density at radius 1 is 0.800 bits per heavy atom. The monoisotopic (exact) mass is 338 g/mol. The van der Waals surface area contributed by atoms with Gasteiger partial charge in [-0.3, -0.25) is 0 Å². The van der Waals surface area contributed by atoms with Crippen LogP contribution in [-0.2, 0) is 33.5 Å². The predicted molar refractivity (Wildman–Crippen MR) is 93.9 cm³/mol. The molecule has 2 aromatic carbocycles. The highest BCUT2D eigenvalue weighted by atomic mass is 16.6. The molecule has 1 N–H and O–H groups in total. The Bertz CT molecular complexity index is 774. The number of ether oxygens (including phenoxy) is 3. The molecular weight excluding hydrogens is 316 g/mol. The van der Waals surface area contributed by atoms with Gasteiger partial charge in [-0.15, -0.1) is 0 Å². The molecule has 0 aromatic heterocycles. The zero-order valence-corrected chi connectivity index (χ0v) is 14.1. The summed E-state index contributed by atoms with van der Waals surface area (Å²) in [5, 5.41) is 10.7. The van der Waals surface area contributed by atoms with E-state index >= 15 is 0 Å². The minimum absolute atomic E-state index is 0.242. The van der Waals surface area contributed by atoms with Crippen LogP contribution in [-0.4, -0.2) is 43.2 Å². The first-order chi connectivity index (χ1) is 12.3. The topological polar surface area (TPSA) is 57.8 Å². The van der Waals surface area contributed by atoms with Crippen LogP contribution in [0.5, 0.6) is 5.75 Å². The van der Waals surface area contributed by atoms with Gasteiger partial charge in [-0.25, -0.2) is 0 Å². The summed E-state index contributed by atoms with van der Waals surface area (Å²) in [6, 6.07) is 12.4. The van der Waals surface area contributed by atoms with Crippen molar-refractivity contribution in [2.24, 2.45) is 0 Å². The van der Waals surface area contributed by atoms with Gasteiger partial charge in [0.2, 0.25) is 0 Å². The van der Waals surface area contributed by atoms with Crippen molar-refractivity contribution < 1.29 is 19.3 Å². The fourth-order valence-electron chi connectivity index (χ4n) is 3.66. The Morgan fingerprint density at radius 2 is 1.36 bits per heavy atom. The van der Waals surface area contributed by atoms with E-state index in [1.807, 2.05) is 12.1 Å².